The second-order valence-electron chi connectivity index (χ2n) is 7.25. The molecule has 0 saturated heterocycles. The lowest BCUT2D eigenvalue weighted by molar-refractivity contribution is -0.153. The zero-order valence-corrected chi connectivity index (χ0v) is 17.2. The molecule has 0 spiro atoms. The molecule has 0 atom stereocenters. The van der Waals surface area contributed by atoms with Gasteiger partial charge in [-0.1, -0.05) is 54.6 Å². The fourth-order valence-electron chi connectivity index (χ4n) is 3.49. The Morgan fingerprint density at radius 3 is 1.84 bits per heavy atom. The third kappa shape index (κ3) is 4.85. The van der Waals surface area contributed by atoms with Gasteiger partial charge in [-0.3, -0.25) is 0 Å². The molecule has 0 fully saturated rings. The first kappa shape index (κ1) is 21.7. The van der Waals surface area contributed by atoms with E-state index < -0.39 is 24.3 Å². The molecule has 0 bridgehead atoms. The van der Waals surface area contributed by atoms with Gasteiger partial charge < -0.3 is 9.47 Å². The summed E-state index contributed by atoms with van der Waals surface area (Å²) in [7, 11) is 0. The molecule has 164 valence electrons. The summed E-state index contributed by atoms with van der Waals surface area (Å²) in [4.78, 5) is 0. The molecule has 0 aliphatic heterocycles. The third-order valence-corrected chi connectivity index (χ3v) is 5.03. The van der Waals surface area contributed by atoms with Crippen LogP contribution >= 0.6 is 0 Å². The molecule has 0 saturated carbocycles. The molecule has 0 amide bonds. The summed E-state index contributed by atoms with van der Waals surface area (Å²) in [5.74, 6) is -0.394. The molecule has 0 aromatic heterocycles. The largest absolute Gasteiger partial charge is 0.494 e. The van der Waals surface area contributed by atoms with Crippen LogP contribution in [0.5, 0.6) is 11.5 Å². The Kier molecular flexibility index (Phi) is 6.04. The minimum absolute atomic E-state index is 0.208. The number of halogens is 4. The van der Waals surface area contributed by atoms with Gasteiger partial charge in [0.25, 0.3) is 0 Å². The number of fused-ring (bicyclic) bond motifs is 1. The number of benzene rings is 4. The standard InChI is InChI=1S/C26H20F4O2/c1-2-31-22-11-7-18(8-12-22)17-3-5-19(6-4-17)20-9-13-23-21(15-20)10-14-24(25(23)27)32-16-26(28,29)30/h3-15H,2,16H2,1H3. The van der Waals surface area contributed by atoms with Gasteiger partial charge >= 0.3 is 6.18 Å². The van der Waals surface area contributed by atoms with Gasteiger partial charge in [-0.25, -0.2) is 4.39 Å². The summed E-state index contributed by atoms with van der Waals surface area (Å²) in [6.07, 6.45) is -4.53. The quantitative estimate of drug-likeness (QED) is 0.287. The van der Waals surface area contributed by atoms with Gasteiger partial charge in [-0.2, -0.15) is 13.2 Å². The summed E-state index contributed by atoms with van der Waals surface area (Å²) >= 11 is 0. The molecular formula is C26H20F4O2. The average molecular weight is 440 g/mol. The molecule has 0 unspecified atom stereocenters. The summed E-state index contributed by atoms with van der Waals surface area (Å²) in [5, 5.41) is 0.786. The van der Waals surface area contributed by atoms with Crippen molar-refractivity contribution >= 4 is 10.8 Å². The van der Waals surface area contributed by atoms with Crippen LogP contribution in [0, 0.1) is 5.82 Å². The normalized spacial score (nSPS) is 11.5. The molecule has 32 heavy (non-hydrogen) atoms. The van der Waals surface area contributed by atoms with Crippen molar-refractivity contribution in [1.82, 2.24) is 0 Å². The SMILES string of the molecule is CCOc1ccc(-c2ccc(-c3ccc4c(F)c(OCC(F)(F)F)ccc4c3)cc2)cc1. The highest BCUT2D eigenvalue weighted by atomic mass is 19.4. The van der Waals surface area contributed by atoms with Crippen LogP contribution < -0.4 is 9.47 Å². The molecule has 4 aromatic carbocycles. The van der Waals surface area contributed by atoms with Gasteiger partial charge in [-0.05, 0) is 58.8 Å². The van der Waals surface area contributed by atoms with E-state index in [1.807, 2.05) is 55.5 Å². The van der Waals surface area contributed by atoms with Crippen molar-refractivity contribution in [3.05, 3.63) is 84.7 Å². The van der Waals surface area contributed by atoms with Gasteiger partial charge in [0.2, 0.25) is 0 Å². The molecule has 0 aliphatic carbocycles. The Hall–Kier alpha value is -3.54. The van der Waals surface area contributed by atoms with E-state index in [9.17, 15) is 17.6 Å². The smallest absolute Gasteiger partial charge is 0.422 e. The summed E-state index contributed by atoms with van der Waals surface area (Å²) < 4.78 is 61.7. The predicted octanol–water partition coefficient (Wildman–Crippen LogP) is 7.65. The lowest BCUT2D eigenvalue weighted by Crippen LogP contribution is -2.19. The van der Waals surface area contributed by atoms with Crippen molar-refractivity contribution in [1.29, 1.82) is 0 Å². The predicted molar refractivity (Wildman–Crippen MR) is 117 cm³/mol. The minimum atomic E-state index is -4.53. The Labute approximate surface area is 183 Å². The van der Waals surface area contributed by atoms with Crippen LogP contribution in [-0.2, 0) is 0 Å². The van der Waals surface area contributed by atoms with Gasteiger partial charge in [0.05, 0.1) is 6.61 Å². The van der Waals surface area contributed by atoms with E-state index in [0.29, 0.717) is 12.0 Å². The minimum Gasteiger partial charge on any atom is -0.494 e. The molecule has 4 aromatic rings. The Bertz CT molecular complexity index is 1210. The highest BCUT2D eigenvalue weighted by molar-refractivity contribution is 5.89. The lowest BCUT2D eigenvalue weighted by atomic mass is 9.98. The Morgan fingerprint density at radius 1 is 0.688 bits per heavy atom. The maximum absolute atomic E-state index is 14.6. The van der Waals surface area contributed by atoms with Gasteiger partial charge in [0.15, 0.2) is 18.2 Å². The van der Waals surface area contributed by atoms with Crippen LogP contribution in [0.4, 0.5) is 17.6 Å². The van der Waals surface area contributed by atoms with Crippen LogP contribution in [0.1, 0.15) is 6.92 Å². The van der Waals surface area contributed by atoms with Crippen LogP contribution in [-0.4, -0.2) is 19.4 Å². The van der Waals surface area contributed by atoms with Gasteiger partial charge in [-0.15, -0.1) is 0 Å². The first-order chi connectivity index (χ1) is 15.3. The van der Waals surface area contributed by atoms with Crippen molar-refractivity contribution in [3.63, 3.8) is 0 Å². The molecule has 2 nitrogen and oxygen atoms in total. The molecule has 0 aliphatic rings. The lowest BCUT2D eigenvalue weighted by Gasteiger charge is -2.12. The number of rotatable bonds is 6. The average Bonchev–Trinajstić information content (AvgIpc) is 2.79. The topological polar surface area (TPSA) is 18.5 Å². The van der Waals surface area contributed by atoms with Gasteiger partial charge in [0, 0.05) is 5.39 Å². The van der Waals surface area contributed by atoms with Crippen molar-refractivity contribution in [2.75, 3.05) is 13.2 Å². The highest BCUT2D eigenvalue weighted by Crippen LogP contribution is 2.32. The number of alkyl halides is 3. The number of ether oxygens (including phenoxy) is 2. The van der Waals surface area contributed by atoms with Gasteiger partial charge in [0.1, 0.15) is 5.75 Å². The second-order valence-corrected chi connectivity index (χ2v) is 7.25. The van der Waals surface area contributed by atoms with Crippen LogP contribution in [0.2, 0.25) is 0 Å². The zero-order valence-electron chi connectivity index (χ0n) is 17.2. The monoisotopic (exact) mass is 440 g/mol. The van der Waals surface area contributed by atoms with E-state index in [1.165, 1.54) is 6.07 Å². The van der Waals surface area contributed by atoms with Crippen molar-refractivity contribution in [2.45, 2.75) is 13.1 Å². The van der Waals surface area contributed by atoms with Crippen molar-refractivity contribution in [3.8, 4) is 33.8 Å². The van der Waals surface area contributed by atoms with E-state index in [1.54, 1.807) is 24.3 Å². The molecular weight excluding hydrogens is 420 g/mol. The van der Waals surface area contributed by atoms with E-state index in [0.717, 1.165) is 28.0 Å². The highest BCUT2D eigenvalue weighted by Gasteiger charge is 2.29. The van der Waals surface area contributed by atoms with E-state index in [4.69, 9.17) is 4.74 Å². The maximum Gasteiger partial charge on any atom is 0.422 e. The van der Waals surface area contributed by atoms with E-state index in [2.05, 4.69) is 4.74 Å². The molecule has 0 radical (unpaired) electrons. The summed E-state index contributed by atoms with van der Waals surface area (Å²) in [6.45, 7) is 1.02. The van der Waals surface area contributed by atoms with E-state index >= 15 is 0 Å². The fraction of sp³-hybridized carbons (Fsp3) is 0.154. The molecule has 6 heteroatoms. The Morgan fingerprint density at radius 2 is 1.25 bits per heavy atom. The molecule has 0 N–H and O–H groups in total. The first-order valence-corrected chi connectivity index (χ1v) is 10.1. The molecule has 4 rings (SSSR count). The third-order valence-electron chi connectivity index (χ3n) is 5.03. The van der Waals surface area contributed by atoms with Crippen LogP contribution in [0.15, 0.2) is 78.9 Å². The first-order valence-electron chi connectivity index (χ1n) is 10.1. The van der Waals surface area contributed by atoms with Crippen molar-refractivity contribution < 1.29 is 27.0 Å². The summed E-state index contributed by atoms with van der Waals surface area (Å²) in [5.41, 5.74) is 3.93. The molecule has 0 heterocycles. The zero-order chi connectivity index (χ0) is 22.7. The number of hydrogen-bond donors (Lipinski definition) is 0. The fourth-order valence-corrected chi connectivity index (χ4v) is 3.49. The Balaban J connectivity index is 1.56. The second kappa shape index (κ2) is 8.91. The number of hydrogen-bond acceptors (Lipinski definition) is 2. The summed E-state index contributed by atoms with van der Waals surface area (Å²) in [6, 6.07) is 23.7. The van der Waals surface area contributed by atoms with Crippen LogP contribution in [0.25, 0.3) is 33.0 Å². The van der Waals surface area contributed by atoms with Crippen LogP contribution in [0.3, 0.4) is 0 Å². The maximum atomic E-state index is 14.6. The van der Waals surface area contributed by atoms with Crippen molar-refractivity contribution in [2.24, 2.45) is 0 Å². The van der Waals surface area contributed by atoms with E-state index in [-0.39, 0.29) is 5.39 Å².